The molecule has 38 heavy (non-hydrogen) atoms. The number of hydrogen-bond donors (Lipinski definition) is 2. The number of likely N-dealkylation sites (N-methyl/N-ethyl adjacent to an activating group) is 1. The molecule has 3 aromatic carbocycles. The molecule has 0 aliphatic carbocycles. The third-order valence-corrected chi connectivity index (χ3v) is 5.37. The van der Waals surface area contributed by atoms with Crippen molar-refractivity contribution in [1.29, 1.82) is 0 Å². The number of hydrogen-bond acceptors (Lipinski definition) is 7. The maximum atomic E-state index is 11.4. The molecule has 0 unspecified atom stereocenters. The molecule has 0 radical (unpaired) electrons. The molecule has 0 amide bonds. The van der Waals surface area contributed by atoms with Crippen LogP contribution in [0, 0.1) is 0 Å². The number of ether oxygens (including phenoxy) is 2. The Kier molecular flexibility index (Phi) is 16.0. The molecule has 7 heteroatoms. The highest BCUT2D eigenvalue weighted by atomic mass is 16.7. The number of nitrogens with one attached hydrogen (secondary N) is 2. The molecule has 0 aliphatic heterocycles. The molecule has 0 aliphatic rings. The first-order valence-electron chi connectivity index (χ1n) is 12.8. The Balaban J connectivity index is 0.000000358. The van der Waals surface area contributed by atoms with Crippen LogP contribution < -0.4 is 15.4 Å². The van der Waals surface area contributed by atoms with Crippen LogP contribution in [0.15, 0.2) is 66.7 Å². The van der Waals surface area contributed by atoms with E-state index in [2.05, 4.69) is 27.7 Å². The Morgan fingerprint density at radius 1 is 0.974 bits per heavy atom. The van der Waals surface area contributed by atoms with E-state index in [1.54, 1.807) is 20.1 Å². The lowest BCUT2D eigenvalue weighted by atomic mass is 10.0. The van der Waals surface area contributed by atoms with Crippen molar-refractivity contribution in [3.05, 3.63) is 83.4 Å². The summed E-state index contributed by atoms with van der Waals surface area (Å²) in [5.41, 5.74) is 5.47. The Morgan fingerprint density at radius 3 is 2.26 bits per heavy atom. The second-order valence-electron chi connectivity index (χ2n) is 8.45. The van der Waals surface area contributed by atoms with Gasteiger partial charge in [-0.15, -0.1) is 0 Å². The monoisotopic (exact) mass is 521 g/mol. The molecule has 0 bridgehead atoms. The van der Waals surface area contributed by atoms with E-state index in [1.807, 2.05) is 83.5 Å². The molecule has 7 nitrogen and oxygen atoms in total. The summed E-state index contributed by atoms with van der Waals surface area (Å²) in [6.07, 6.45) is 0.800. The van der Waals surface area contributed by atoms with Crippen molar-refractivity contribution in [2.45, 2.75) is 27.3 Å². The van der Waals surface area contributed by atoms with Crippen molar-refractivity contribution >= 4 is 17.8 Å². The van der Waals surface area contributed by atoms with E-state index < -0.39 is 0 Å². The first kappa shape index (κ1) is 32.5. The maximum Gasteiger partial charge on any atom is 0.188 e. The molecule has 0 spiro atoms. The number of carbonyl (C=O) groups is 2. The number of Topliss-reactive ketones (excluding diaryl/α,β-unsaturated/α-hetero) is 1. The first-order valence-corrected chi connectivity index (χ1v) is 12.8. The summed E-state index contributed by atoms with van der Waals surface area (Å²) in [5.74, 6) is 0.628. The van der Waals surface area contributed by atoms with Crippen LogP contribution in [0.1, 0.15) is 47.1 Å². The molecule has 0 heterocycles. The molecule has 3 rings (SSSR count). The zero-order chi connectivity index (χ0) is 28.3. The Bertz CT molecular complexity index is 1100. The van der Waals surface area contributed by atoms with E-state index in [1.165, 1.54) is 0 Å². The first-order chi connectivity index (χ1) is 18.4. The van der Waals surface area contributed by atoms with Crippen LogP contribution in [-0.4, -0.2) is 65.1 Å². The number of aldehydes is 1. The summed E-state index contributed by atoms with van der Waals surface area (Å²) in [6, 6.07) is 21.6. The highest BCUT2D eigenvalue weighted by Crippen LogP contribution is 2.25. The summed E-state index contributed by atoms with van der Waals surface area (Å²) in [6.45, 7) is 8.35. The lowest BCUT2D eigenvalue weighted by molar-refractivity contribution is 0.0505. The second kappa shape index (κ2) is 18.7. The third kappa shape index (κ3) is 11.3. The fourth-order valence-corrected chi connectivity index (χ4v) is 3.46. The minimum atomic E-state index is 0.0777. The highest BCUT2D eigenvalue weighted by Gasteiger charge is 2.08. The van der Waals surface area contributed by atoms with Crippen LogP contribution in [0.3, 0.4) is 0 Å². The fraction of sp³-hybridized carbons (Fsp3) is 0.355. The van der Waals surface area contributed by atoms with Gasteiger partial charge >= 0.3 is 0 Å². The topological polar surface area (TPSA) is 79.9 Å². The summed E-state index contributed by atoms with van der Waals surface area (Å²) < 4.78 is 10.1. The Labute approximate surface area is 228 Å². The van der Waals surface area contributed by atoms with Gasteiger partial charge in [-0.25, -0.2) is 0 Å². The van der Waals surface area contributed by atoms with Crippen molar-refractivity contribution < 1.29 is 19.1 Å². The highest BCUT2D eigenvalue weighted by molar-refractivity contribution is 6.00. The summed E-state index contributed by atoms with van der Waals surface area (Å²) in [7, 11) is 7.45. The smallest absolute Gasteiger partial charge is 0.188 e. The minimum absolute atomic E-state index is 0.0777. The summed E-state index contributed by atoms with van der Waals surface area (Å²) >= 11 is 0. The Morgan fingerprint density at radius 2 is 1.68 bits per heavy atom. The number of rotatable bonds is 12. The molecule has 0 saturated heterocycles. The number of ketones is 1. The van der Waals surface area contributed by atoms with E-state index in [0.717, 1.165) is 53.9 Å². The van der Waals surface area contributed by atoms with E-state index in [-0.39, 0.29) is 12.6 Å². The van der Waals surface area contributed by atoms with Gasteiger partial charge in [0.2, 0.25) is 0 Å². The predicted molar refractivity (Wildman–Crippen MR) is 157 cm³/mol. The lowest BCUT2D eigenvalue weighted by Gasteiger charge is -2.12. The van der Waals surface area contributed by atoms with Gasteiger partial charge in [-0.05, 0) is 62.0 Å². The van der Waals surface area contributed by atoms with Crippen LogP contribution >= 0.6 is 0 Å². The SMILES string of the molecule is CC.CNc1cc(-c2ccccc2)ccc1C(C)=O.COCOc1ccc(CNCCN(C)C)cc1C=O. The van der Waals surface area contributed by atoms with E-state index in [4.69, 9.17) is 9.47 Å². The van der Waals surface area contributed by atoms with Gasteiger partial charge < -0.3 is 25.0 Å². The van der Waals surface area contributed by atoms with Crippen molar-refractivity contribution in [3.63, 3.8) is 0 Å². The van der Waals surface area contributed by atoms with Crippen molar-refractivity contribution in [3.8, 4) is 16.9 Å². The molecule has 3 aromatic rings. The van der Waals surface area contributed by atoms with Crippen LogP contribution in [-0.2, 0) is 11.3 Å². The second-order valence-corrected chi connectivity index (χ2v) is 8.45. The maximum absolute atomic E-state index is 11.4. The fourth-order valence-electron chi connectivity index (χ4n) is 3.46. The molecule has 206 valence electrons. The van der Waals surface area contributed by atoms with Crippen LogP contribution in [0.5, 0.6) is 5.75 Å². The number of anilines is 1. The van der Waals surface area contributed by atoms with Gasteiger partial charge in [0.1, 0.15) is 5.75 Å². The molecule has 0 saturated carbocycles. The van der Waals surface area contributed by atoms with E-state index in [9.17, 15) is 9.59 Å². The molecule has 2 N–H and O–H groups in total. The molecule has 0 atom stereocenters. The van der Waals surface area contributed by atoms with Gasteiger partial charge in [-0.3, -0.25) is 9.59 Å². The zero-order valence-corrected chi connectivity index (χ0v) is 23.8. The van der Waals surface area contributed by atoms with Gasteiger partial charge in [-0.1, -0.05) is 56.3 Å². The molecule has 0 aromatic heterocycles. The molecular weight excluding hydrogens is 478 g/mol. The number of benzene rings is 3. The number of carbonyl (C=O) groups excluding carboxylic acids is 2. The number of methoxy groups -OCH3 is 1. The number of nitrogens with zero attached hydrogens (tertiary/aromatic N) is 1. The van der Waals surface area contributed by atoms with Crippen molar-refractivity contribution in [2.24, 2.45) is 0 Å². The lowest BCUT2D eigenvalue weighted by Crippen LogP contribution is -2.26. The zero-order valence-electron chi connectivity index (χ0n) is 23.8. The average Bonchev–Trinajstić information content (AvgIpc) is 2.95. The summed E-state index contributed by atoms with van der Waals surface area (Å²) in [4.78, 5) is 24.6. The predicted octanol–water partition coefficient (Wildman–Crippen LogP) is 5.76. The summed E-state index contributed by atoms with van der Waals surface area (Å²) in [5, 5.41) is 6.39. The minimum Gasteiger partial charge on any atom is -0.467 e. The van der Waals surface area contributed by atoms with Gasteiger partial charge in [-0.2, -0.15) is 0 Å². The van der Waals surface area contributed by atoms with E-state index in [0.29, 0.717) is 11.3 Å². The van der Waals surface area contributed by atoms with E-state index >= 15 is 0 Å². The molecular formula is C31H43N3O4. The average molecular weight is 522 g/mol. The Hall–Kier alpha value is -3.52. The normalized spacial score (nSPS) is 10.0. The van der Waals surface area contributed by atoms with Gasteiger partial charge in [0.05, 0.1) is 5.56 Å². The van der Waals surface area contributed by atoms with Gasteiger partial charge in [0.25, 0.3) is 0 Å². The van der Waals surface area contributed by atoms with Crippen molar-refractivity contribution in [2.75, 3.05) is 53.5 Å². The van der Waals surface area contributed by atoms with Crippen LogP contribution in [0.25, 0.3) is 11.1 Å². The van der Waals surface area contributed by atoms with Gasteiger partial charge in [0.15, 0.2) is 18.9 Å². The quantitative estimate of drug-likeness (QED) is 0.136. The largest absolute Gasteiger partial charge is 0.467 e. The van der Waals surface area contributed by atoms with Crippen molar-refractivity contribution in [1.82, 2.24) is 10.2 Å². The van der Waals surface area contributed by atoms with Crippen LogP contribution in [0.2, 0.25) is 0 Å². The standard InChI is InChI=1S/C15H15NO.C14H22N2O3.C2H6/c1-11(17)14-9-8-13(10-15(14)16-2)12-6-4-3-5-7-12;1-16(2)7-6-15-9-12-4-5-14(19-11-18-3)13(8-12)10-17;1-2/h3-10,16H,1-2H3;4-5,8,10,15H,6-7,9,11H2,1-3H3;1-2H3. The molecule has 0 fully saturated rings. The van der Waals surface area contributed by atoms with Gasteiger partial charge in [0, 0.05) is 45.0 Å². The third-order valence-electron chi connectivity index (χ3n) is 5.37. The van der Waals surface area contributed by atoms with Crippen LogP contribution in [0.4, 0.5) is 5.69 Å².